The molecule has 4 heteroatoms. The second-order valence-corrected chi connectivity index (χ2v) is 4.06. The number of carbonyl (C=O) groups is 1. The van der Waals surface area contributed by atoms with E-state index in [2.05, 4.69) is 5.32 Å². The molecule has 1 rings (SSSR count). The van der Waals surface area contributed by atoms with Crippen LogP contribution >= 0.6 is 11.8 Å². The molecule has 1 aromatic carbocycles. The molecule has 0 aliphatic rings. The Balaban J connectivity index is 3.18. The van der Waals surface area contributed by atoms with Crippen molar-refractivity contribution in [2.75, 3.05) is 11.6 Å². The second kappa shape index (κ2) is 5.16. The SMILES string of the molecule is CCc1cc(SC)cc(F)c1NC(C)=O. The molecule has 0 heterocycles. The van der Waals surface area contributed by atoms with Crippen molar-refractivity contribution >= 4 is 23.4 Å². The molecule has 15 heavy (non-hydrogen) atoms. The van der Waals surface area contributed by atoms with Crippen molar-refractivity contribution in [3.8, 4) is 0 Å². The Morgan fingerprint density at radius 2 is 2.20 bits per heavy atom. The highest BCUT2D eigenvalue weighted by atomic mass is 32.2. The van der Waals surface area contributed by atoms with Gasteiger partial charge in [-0.1, -0.05) is 6.92 Å². The van der Waals surface area contributed by atoms with Gasteiger partial charge in [-0.3, -0.25) is 4.79 Å². The molecule has 0 aliphatic heterocycles. The first-order valence-corrected chi connectivity index (χ1v) is 5.95. The molecule has 1 amide bonds. The highest BCUT2D eigenvalue weighted by molar-refractivity contribution is 7.98. The smallest absolute Gasteiger partial charge is 0.221 e. The van der Waals surface area contributed by atoms with Crippen LogP contribution in [0.2, 0.25) is 0 Å². The molecule has 0 fully saturated rings. The molecule has 0 unspecified atom stereocenters. The van der Waals surface area contributed by atoms with E-state index in [0.717, 1.165) is 10.5 Å². The predicted molar refractivity (Wildman–Crippen MR) is 61.9 cm³/mol. The Bertz CT molecular complexity index is 379. The molecule has 0 radical (unpaired) electrons. The minimum absolute atomic E-state index is 0.250. The van der Waals surface area contributed by atoms with Crippen LogP contribution in [-0.2, 0) is 11.2 Å². The molecule has 0 saturated carbocycles. The Labute approximate surface area is 93.3 Å². The zero-order valence-electron chi connectivity index (χ0n) is 9.06. The van der Waals surface area contributed by atoms with Crippen LogP contribution < -0.4 is 5.32 Å². The molecule has 1 N–H and O–H groups in total. The summed E-state index contributed by atoms with van der Waals surface area (Å²) in [6.45, 7) is 3.31. The normalized spacial score (nSPS) is 10.1. The monoisotopic (exact) mass is 227 g/mol. The summed E-state index contributed by atoms with van der Waals surface area (Å²) in [4.78, 5) is 11.8. The van der Waals surface area contributed by atoms with Crippen LogP contribution in [0.4, 0.5) is 10.1 Å². The quantitative estimate of drug-likeness (QED) is 0.804. The highest BCUT2D eigenvalue weighted by Crippen LogP contribution is 2.27. The van der Waals surface area contributed by atoms with E-state index in [0.29, 0.717) is 12.1 Å². The van der Waals surface area contributed by atoms with Gasteiger partial charge in [-0.05, 0) is 30.4 Å². The van der Waals surface area contributed by atoms with Gasteiger partial charge in [0.05, 0.1) is 5.69 Å². The summed E-state index contributed by atoms with van der Waals surface area (Å²) in [5, 5.41) is 2.52. The van der Waals surface area contributed by atoms with Crippen molar-refractivity contribution in [3.05, 3.63) is 23.5 Å². The second-order valence-electron chi connectivity index (χ2n) is 3.18. The molecular weight excluding hydrogens is 213 g/mol. The van der Waals surface area contributed by atoms with Gasteiger partial charge in [0.2, 0.25) is 5.91 Å². The Hall–Kier alpha value is -1.03. The number of aryl methyl sites for hydroxylation is 1. The Kier molecular flexibility index (Phi) is 4.15. The number of hydrogen-bond donors (Lipinski definition) is 1. The van der Waals surface area contributed by atoms with Crippen molar-refractivity contribution in [1.29, 1.82) is 0 Å². The number of amides is 1. The van der Waals surface area contributed by atoms with Crippen molar-refractivity contribution in [3.63, 3.8) is 0 Å². The molecule has 82 valence electrons. The minimum Gasteiger partial charge on any atom is -0.324 e. The van der Waals surface area contributed by atoms with Gasteiger partial charge in [-0.25, -0.2) is 4.39 Å². The van der Waals surface area contributed by atoms with E-state index in [1.807, 2.05) is 19.2 Å². The van der Waals surface area contributed by atoms with Crippen LogP contribution in [0.3, 0.4) is 0 Å². The first kappa shape index (κ1) is 12.0. The lowest BCUT2D eigenvalue weighted by atomic mass is 10.1. The highest BCUT2D eigenvalue weighted by Gasteiger charge is 2.10. The summed E-state index contributed by atoms with van der Waals surface area (Å²) in [7, 11) is 0. The summed E-state index contributed by atoms with van der Waals surface area (Å²) >= 11 is 1.49. The first-order chi connectivity index (χ1) is 7.08. The summed E-state index contributed by atoms with van der Waals surface area (Å²) < 4.78 is 13.6. The summed E-state index contributed by atoms with van der Waals surface area (Å²) in [5.74, 6) is -0.616. The molecule has 2 nitrogen and oxygen atoms in total. The largest absolute Gasteiger partial charge is 0.324 e. The molecule has 0 spiro atoms. The van der Waals surface area contributed by atoms with Gasteiger partial charge in [0, 0.05) is 11.8 Å². The lowest BCUT2D eigenvalue weighted by molar-refractivity contribution is -0.114. The van der Waals surface area contributed by atoms with E-state index in [1.165, 1.54) is 24.8 Å². The van der Waals surface area contributed by atoms with Gasteiger partial charge in [0.15, 0.2) is 0 Å². The average molecular weight is 227 g/mol. The van der Waals surface area contributed by atoms with Gasteiger partial charge in [0.1, 0.15) is 5.82 Å². The lowest BCUT2D eigenvalue weighted by Crippen LogP contribution is -2.10. The van der Waals surface area contributed by atoms with Crippen molar-refractivity contribution in [2.45, 2.75) is 25.2 Å². The van der Waals surface area contributed by atoms with Crippen LogP contribution in [0.15, 0.2) is 17.0 Å². The van der Waals surface area contributed by atoms with Crippen LogP contribution in [0.1, 0.15) is 19.4 Å². The van der Waals surface area contributed by atoms with E-state index in [4.69, 9.17) is 0 Å². The van der Waals surface area contributed by atoms with Gasteiger partial charge in [0.25, 0.3) is 0 Å². The average Bonchev–Trinajstić information content (AvgIpc) is 2.20. The fourth-order valence-corrected chi connectivity index (χ4v) is 1.83. The summed E-state index contributed by atoms with van der Waals surface area (Å²) in [6, 6.07) is 3.34. The molecule has 0 aliphatic carbocycles. The zero-order chi connectivity index (χ0) is 11.4. The maximum Gasteiger partial charge on any atom is 0.221 e. The maximum atomic E-state index is 13.6. The van der Waals surface area contributed by atoms with Crippen LogP contribution in [-0.4, -0.2) is 12.2 Å². The minimum atomic E-state index is -0.367. The molecule has 0 aromatic heterocycles. The topological polar surface area (TPSA) is 29.1 Å². The Morgan fingerprint density at radius 1 is 1.53 bits per heavy atom. The van der Waals surface area contributed by atoms with E-state index in [-0.39, 0.29) is 11.7 Å². The van der Waals surface area contributed by atoms with Gasteiger partial charge in [-0.2, -0.15) is 0 Å². The molecular formula is C11H14FNOS. The summed E-state index contributed by atoms with van der Waals surface area (Å²) in [6.07, 6.45) is 2.59. The number of halogens is 1. The fourth-order valence-electron chi connectivity index (χ4n) is 1.35. The third-order valence-corrected chi connectivity index (χ3v) is 2.77. The number of thioether (sulfide) groups is 1. The van der Waals surface area contributed by atoms with Crippen molar-refractivity contribution in [1.82, 2.24) is 0 Å². The molecule has 0 atom stereocenters. The van der Waals surface area contributed by atoms with E-state index < -0.39 is 0 Å². The number of rotatable bonds is 3. The number of benzene rings is 1. The molecule has 0 saturated heterocycles. The van der Waals surface area contributed by atoms with Crippen molar-refractivity contribution in [2.24, 2.45) is 0 Å². The Morgan fingerprint density at radius 3 is 2.67 bits per heavy atom. The third-order valence-electron chi connectivity index (χ3n) is 2.06. The van der Waals surface area contributed by atoms with Crippen molar-refractivity contribution < 1.29 is 9.18 Å². The van der Waals surface area contributed by atoms with E-state index >= 15 is 0 Å². The van der Waals surface area contributed by atoms with Gasteiger partial charge >= 0.3 is 0 Å². The van der Waals surface area contributed by atoms with Crippen LogP contribution in [0.25, 0.3) is 0 Å². The fraction of sp³-hybridized carbons (Fsp3) is 0.364. The number of anilines is 1. The lowest BCUT2D eigenvalue weighted by Gasteiger charge is -2.11. The van der Waals surface area contributed by atoms with E-state index in [1.54, 1.807) is 0 Å². The zero-order valence-corrected chi connectivity index (χ0v) is 9.87. The molecule has 1 aromatic rings. The maximum absolute atomic E-state index is 13.6. The van der Waals surface area contributed by atoms with Crippen LogP contribution in [0, 0.1) is 5.82 Å². The summed E-state index contributed by atoms with van der Waals surface area (Å²) in [5.41, 5.74) is 1.14. The van der Waals surface area contributed by atoms with E-state index in [9.17, 15) is 9.18 Å². The number of hydrogen-bond acceptors (Lipinski definition) is 2. The van der Waals surface area contributed by atoms with Gasteiger partial charge in [-0.15, -0.1) is 11.8 Å². The first-order valence-electron chi connectivity index (χ1n) is 4.72. The standard InChI is InChI=1S/C11H14FNOS/c1-4-8-5-9(15-3)6-10(12)11(8)13-7(2)14/h5-6H,4H2,1-3H3,(H,13,14). The number of carbonyl (C=O) groups excluding carboxylic acids is 1. The van der Waals surface area contributed by atoms with Crippen LogP contribution in [0.5, 0.6) is 0 Å². The third kappa shape index (κ3) is 2.96. The number of nitrogens with one attached hydrogen (secondary N) is 1. The predicted octanol–water partition coefficient (Wildman–Crippen LogP) is 3.07. The van der Waals surface area contributed by atoms with Gasteiger partial charge < -0.3 is 5.32 Å². The molecule has 0 bridgehead atoms.